The van der Waals surface area contributed by atoms with Crippen LogP contribution in [0.3, 0.4) is 0 Å². The van der Waals surface area contributed by atoms with Crippen LogP contribution in [0.25, 0.3) is 0 Å². The predicted molar refractivity (Wildman–Crippen MR) is 84.4 cm³/mol. The Balaban J connectivity index is 2.39. The molecular weight excluding hydrogens is 284 g/mol. The Morgan fingerprint density at radius 1 is 1.32 bits per heavy atom. The van der Waals surface area contributed by atoms with E-state index in [0.29, 0.717) is 18.3 Å². The van der Waals surface area contributed by atoms with Gasteiger partial charge in [-0.25, -0.2) is 4.98 Å². The SMILES string of the molecule is COc1nc(C2CCCCC2)nc(NCC(C)C)c1[N+](=O)[O-]. The Hall–Kier alpha value is -1.92. The minimum Gasteiger partial charge on any atom is -0.476 e. The Morgan fingerprint density at radius 3 is 2.55 bits per heavy atom. The first-order valence-electron chi connectivity index (χ1n) is 7.87. The molecule has 1 aliphatic rings. The van der Waals surface area contributed by atoms with E-state index in [1.807, 2.05) is 13.8 Å². The maximum Gasteiger partial charge on any atom is 0.372 e. The van der Waals surface area contributed by atoms with Crippen molar-refractivity contribution >= 4 is 11.5 Å². The van der Waals surface area contributed by atoms with Gasteiger partial charge in [-0.15, -0.1) is 0 Å². The Kier molecular flexibility index (Phi) is 5.51. The van der Waals surface area contributed by atoms with E-state index in [9.17, 15) is 10.1 Å². The molecule has 1 aromatic rings. The number of nitrogens with zero attached hydrogens (tertiary/aromatic N) is 3. The molecule has 1 fully saturated rings. The van der Waals surface area contributed by atoms with Gasteiger partial charge in [0, 0.05) is 12.5 Å². The molecule has 1 heterocycles. The molecule has 1 aromatic heterocycles. The van der Waals surface area contributed by atoms with Crippen molar-refractivity contribution in [3.05, 3.63) is 15.9 Å². The third-order valence-electron chi connectivity index (χ3n) is 3.89. The van der Waals surface area contributed by atoms with Crippen molar-refractivity contribution in [2.75, 3.05) is 19.0 Å². The molecule has 7 nitrogen and oxygen atoms in total. The Labute approximate surface area is 130 Å². The summed E-state index contributed by atoms with van der Waals surface area (Å²) in [6.07, 6.45) is 5.61. The summed E-state index contributed by atoms with van der Waals surface area (Å²) in [7, 11) is 1.41. The normalized spacial score (nSPS) is 15.8. The number of ether oxygens (including phenoxy) is 1. The van der Waals surface area contributed by atoms with Crippen molar-refractivity contribution in [1.29, 1.82) is 0 Å². The van der Waals surface area contributed by atoms with Crippen LogP contribution >= 0.6 is 0 Å². The highest BCUT2D eigenvalue weighted by Gasteiger charge is 2.28. The molecule has 122 valence electrons. The fourth-order valence-corrected chi connectivity index (χ4v) is 2.73. The number of aromatic nitrogens is 2. The maximum atomic E-state index is 11.3. The largest absolute Gasteiger partial charge is 0.476 e. The first kappa shape index (κ1) is 16.5. The van der Waals surface area contributed by atoms with E-state index in [2.05, 4.69) is 15.3 Å². The number of nitrogens with one attached hydrogen (secondary N) is 1. The smallest absolute Gasteiger partial charge is 0.372 e. The fraction of sp³-hybridized carbons (Fsp3) is 0.733. The summed E-state index contributed by atoms with van der Waals surface area (Å²) in [4.78, 5) is 19.6. The van der Waals surface area contributed by atoms with Gasteiger partial charge in [0.05, 0.1) is 12.0 Å². The summed E-state index contributed by atoms with van der Waals surface area (Å²) >= 11 is 0. The zero-order valence-electron chi connectivity index (χ0n) is 13.5. The second-order valence-corrected chi connectivity index (χ2v) is 6.16. The topological polar surface area (TPSA) is 90.2 Å². The van der Waals surface area contributed by atoms with Crippen molar-refractivity contribution in [1.82, 2.24) is 9.97 Å². The lowest BCUT2D eigenvalue weighted by atomic mass is 9.88. The van der Waals surface area contributed by atoms with Crippen LogP contribution in [0.2, 0.25) is 0 Å². The summed E-state index contributed by atoms with van der Waals surface area (Å²) < 4.78 is 5.15. The van der Waals surface area contributed by atoms with Crippen molar-refractivity contribution in [2.24, 2.45) is 5.92 Å². The summed E-state index contributed by atoms with van der Waals surface area (Å²) in [5, 5.41) is 14.4. The minimum absolute atomic E-state index is 0.0480. The van der Waals surface area contributed by atoms with Gasteiger partial charge in [-0.05, 0) is 18.8 Å². The third-order valence-corrected chi connectivity index (χ3v) is 3.89. The standard InChI is InChI=1S/C15H24N4O3/c1-10(2)9-16-14-12(19(20)21)15(22-3)18-13(17-14)11-7-5-4-6-8-11/h10-11H,4-9H2,1-3H3,(H,16,17,18). The molecule has 0 amide bonds. The van der Waals surface area contributed by atoms with E-state index < -0.39 is 4.92 Å². The molecule has 0 spiro atoms. The van der Waals surface area contributed by atoms with Crippen LogP contribution in [0.4, 0.5) is 11.5 Å². The molecule has 2 rings (SSSR count). The van der Waals surface area contributed by atoms with Crippen LogP contribution in [0.1, 0.15) is 57.7 Å². The van der Waals surface area contributed by atoms with Crippen LogP contribution in [-0.2, 0) is 0 Å². The number of methoxy groups -OCH3 is 1. The van der Waals surface area contributed by atoms with Gasteiger partial charge in [-0.3, -0.25) is 10.1 Å². The molecule has 0 aromatic carbocycles. The third kappa shape index (κ3) is 3.84. The van der Waals surface area contributed by atoms with Gasteiger partial charge < -0.3 is 10.1 Å². The van der Waals surface area contributed by atoms with E-state index in [-0.39, 0.29) is 23.3 Å². The molecule has 0 bridgehead atoms. The predicted octanol–water partition coefficient (Wildman–Crippen LogP) is 3.51. The van der Waals surface area contributed by atoms with Crippen molar-refractivity contribution in [3.63, 3.8) is 0 Å². The van der Waals surface area contributed by atoms with Gasteiger partial charge in [0.15, 0.2) is 0 Å². The molecule has 1 N–H and O–H groups in total. The van der Waals surface area contributed by atoms with Crippen molar-refractivity contribution in [3.8, 4) is 5.88 Å². The first-order chi connectivity index (χ1) is 10.5. The molecule has 22 heavy (non-hydrogen) atoms. The van der Waals surface area contributed by atoms with Crippen molar-refractivity contribution in [2.45, 2.75) is 51.9 Å². The average Bonchev–Trinajstić information content (AvgIpc) is 2.52. The van der Waals surface area contributed by atoms with Crippen molar-refractivity contribution < 1.29 is 9.66 Å². The molecule has 0 unspecified atom stereocenters. The average molecular weight is 308 g/mol. The molecule has 0 aliphatic heterocycles. The summed E-state index contributed by atoms with van der Waals surface area (Å²) in [6.45, 7) is 4.70. The van der Waals surface area contributed by atoms with Gasteiger partial charge >= 0.3 is 5.69 Å². The number of hydrogen-bond acceptors (Lipinski definition) is 6. The van der Waals surface area contributed by atoms with Gasteiger partial charge in [0.25, 0.3) is 5.88 Å². The highest BCUT2D eigenvalue weighted by atomic mass is 16.6. The quantitative estimate of drug-likeness (QED) is 0.639. The Morgan fingerprint density at radius 2 is 2.00 bits per heavy atom. The lowest BCUT2D eigenvalue weighted by molar-refractivity contribution is -0.385. The lowest BCUT2D eigenvalue weighted by Gasteiger charge is -2.21. The fourth-order valence-electron chi connectivity index (χ4n) is 2.73. The maximum absolute atomic E-state index is 11.3. The van der Waals surface area contributed by atoms with Crippen LogP contribution < -0.4 is 10.1 Å². The van der Waals surface area contributed by atoms with Gasteiger partial charge in [-0.2, -0.15) is 4.98 Å². The Bertz CT molecular complexity index is 528. The molecule has 0 radical (unpaired) electrons. The molecule has 7 heteroatoms. The van der Waals surface area contributed by atoms with Crippen LogP contribution in [0, 0.1) is 16.0 Å². The van der Waals surface area contributed by atoms with Crippen LogP contribution in [0.5, 0.6) is 5.88 Å². The van der Waals surface area contributed by atoms with E-state index in [4.69, 9.17) is 4.74 Å². The highest BCUT2D eigenvalue weighted by molar-refractivity contribution is 5.61. The van der Waals surface area contributed by atoms with E-state index >= 15 is 0 Å². The zero-order chi connectivity index (χ0) is 16.1. The summed E-state index contributed by atoms with van der Waals surface area (Å²) in [6, 6.07) is 0. The molecule has 0 atom stereocenters. The highest BCUT2D eigenvalue weighted by Crippen LogP contribution is 2.37. The first-order valence-corrected chi connectivity index (χ1v) is 7.87. The molecule has 1 aliphatic carbocycles. The van der Waals surface area contributed by atoms with Crippen LogP contribution in [0.15, 0.2) is 0 Å². The van der Waals surface area contributed by atoms with E-state index in [1.165, 1.54) is 13.5 Å². The second kappa shape index (κ2) is 7.38. The summed E-state index contributed by atoms with van der Waals surface area (Å²) in [5.41, 5.74) is -0.178. The van der Waals surface area contributed by atoms with Gasteiger partial charge in [0.1, 0.15) is 5.82 Å². The minimum atomic E-state index is -0.480. The summed E-state index contributed by atoms with van der Waals surface area (Å²) in [5.74, 6) is 1.60. The van der Waals surface area contributed by atoms with Crippen LogP contribution in [-0.4, -0.2) is 28.5 Å². The van der Waals surface area contributed by atoms with E-state index in [1.54, 1.807) is 0 Å². The van der Waals surface area contributed by atoms with Gasteiger partial charge in [0.2, 0.25) is 5.82 Å². The zero-order valence-corrected chi connectivity index (χ0v) is 13.5. The monoisotopic (exact) mass is 308 g/mol. The van der Waals surface area contributed by atoms with Gasteiger partial charge in [-0.1, -0.05) is 33.1 Å². The number of rotatable bonds is 6. The number of nitro groups is 1. The number of anilines is 1. The lowest BCUT2D eigenvalue weighted by Crippen LogP contribution is -2.16. The molecule has 0 saturated heterocycles. The molecular formula is C15H24N4O3. The second-order valence-electron chi connectivity index (χ2n) is 6.16. The van der Waals surface area contributed by atoms with E-state index in [0.717, 1.165) is 25.7 Å². The molecule has 1 saturated carbocycles. The number of hydrogen-bond donors (Lipinski definition) is 1.